The number of rotatable bonds is 6. The summed E-state index contributed by atoms with van der Waals surface area (Å²) in [6.45, 7) is 2.75. The van der Waals surface area contributed by atoms with Crippen molar-refractivity contribution in [2.45, 2.75) is 19.6 Å². The zero-order valence-electron chi connectivity index (χ0n) is 12.2. The lowest BCUT2D eigenvalue weighted by molar-refractivity contribution is 0.185. The minimum atomic E-state index is 0.221. The summed E-state index contributed by atoms with van der Waals surface area (Å²) in [5.74, 6) is 0.876. The van der Waals surface area contributed by atoms with Crippen molar-refractivity contribution in [2.75, 3.05) is 19.5 Å². The molecule has 0 saturated carbocycles. The van der Waals surface area contributed by atoms with Crippen molar-refractivity contribution >= 4 is 5.69 Å². The fraction of sp³-hybridized carbons (Fsp3) is 0.294. The van der Waals surface area contributed by atoms with Gasteiger partial charge in [-0.25, -0.2) is 0 Å². The van der Waals surface area contributed by atoms with Gasteiger partial charge in [-0.15, -0.1) is 0 Å². The maximum atomic E-state index is 5.23. The van der Waals surface area contributed by atoms with Crippen LogP contribution in [0.4, 0.5) is 5.69 Å². The normalized spacial score (nSPS) is 11.9. The van der Waals surface area contributed by atoms with Gasteiger partial charge in [-0.2, -0.15) is 0 Å². The Kier molecular flexibility index (Phi) is 5.02. The maximum Gasteiger partial charge on any atom is 0.118 e. The first kappa shape index (κ1) is 14.4. The maximum absolute atomic E-state index is 5.23. The Labute approximate surface area is 120 Å². The van der Waals surface area contributed by atoms with Crippen LogP contribution in [0.5, 0.6) is 5.75 Å². The van der Waals surface area contributed by atoms with Crippen LogP contribution in [0.1, 0.15) is 24.1 Å². The largest absolute Gasteiger partial charge is 0.497 e. The Morgan fingerprint density at radius 1 is 1.00 bits per heavy atom. The molecule has 0 bridgehead atoms. The molecular weight excluding hydrogens is 250 g/mol. The van der Waals surface area contributed by atoms with Gasteiger partial charge in [0.2, 0.25) is 0 Å². The SMILES string of the molecule is COCc1ccccc1NC(C)c1ccc(OC)cc1. The second kappa shape index (κ2) is 6.96. The fourth-order valence-corrected chi connectivity index (χ4v) is 2.15. The summed E-state index contributed by atoms with van der Waals surface area (Å²) in [5.41, 5.74) is 3.49. The fourth-order valence-electron chi connectivity index (χ4n) is 2.15. The Morgan fingerprint density at radius 3 is 2.35 bits per heavy atom. The van der Waals surface area contributed by atoms with E-state index in [4.69, 9.17) is 9.47 Å². The third-order valence-electron chi connectivity index (χ3n) is 3.31. The van der Waals surface area contributed by atoms with Crippen LogP contribution in [0.3, 0.4) is 0 Å². The van der Waals surface area contributed by atoms with Crippen molar-refractivity contribution in [1.29, 1.82) is 0 Å². The van der Waals surface area contributed by atoms with E-state index in [0.29, 0.717) is 6.61 Å². The van der Waals surface area contributed by atoms with Gasteiger partial charge in [0.25, 0.3) is 0 Å². The molecule has 0 spiro atoms. The van der Waals surface area contributed by atoms with Gasteiger partial charge in [0, 0.05) is 24.4 Å². The number of ether oxygens (including phenoxy) is 2. The highest BCUT2D eigenvalue weighted by Gasteiger charge is 2.08. The highest BCUT2D eigenvalue weighted by Crippen LogP contribution is 2.24. The number of benzene rings is 2. The Morgan fingerprint density at radius 2 is 1.70 bits per heavy atom. The van der Waals surface area contributed by atoms with Crippen molar-refractivity contribution in [2.24, 2.45) is 0 Å². The molecule has 0 radical (unpaired) electrons. The van der Waals surface area contributed by atoms with E-state index in [1.165, 1.54) is 5.56 Å². The van der Waals surface area contributed by atoms with Crippen molar-refractivity contribution in [3.63, 3.8) is 0 Å². The molecule has 0 saturated heterocycles. The molecule has 1 atom stereocenters. The first-order valence-electron chi connectivity index (χ1n) is 6.72. The predicted octanol–water partition coefficient (Wildman–Crippen LogP) is 4.01. The molecule has 0 aliphatic rings. The van der Waals surface area contributed by atoms with Crippen molar-refractivity contribution in [3.05, 3.63) is 59.7 Å². The highest BCUT2D eigenvalue weighted by atomic mass is 16.5. The molecule has 0 aliphatic heterocycles. The number of nitrogens with one attached hydrogen (secondary N) is 1. The average Bonchev–Trinajstić information content (AvgIpc) is 2.49. The van der Waals surface area contributed by atoms with E-state index in [2.05, 4.69) is 36.5 Å². The third kappa shape index (κ3) is 3.52. The number of anilines is 1. The van der Waals surface area contributed by atoms with Gasteiger partial charge in [-0.3, -0.25) is 0 Å². The van der Waals surface area contributed by atoms with Crippen LogP contribution in [0.2, 0.25) is 0 Å². The average molecular weight is 271 g/mol. The van der Waals surface area contributed by atoms with E-state index in [0.717, 1.165) is 17.0 Å². The topological polar surface area (TPSA) is 30.5 Å². The smallest absolute Gasteiger partial charge is 0.118 e. The molecular formula is C17H21NO2. The van der Waals surface area contributed by atoms with Gasteiger partial charge in [0.05, 0.1) is 13.7 Å². The van der Waals surface area contributed by atoms with Gasteiger partial charge in [0.15, 0.2) is 0 Å². The molecule has 0 amide bonds. The van der Waals surface area contributed by atoms with Crippen LogP contribution in [-0.2, 0) is 11.3 Å². The van der Waals surface area contributed by atoms with E-state index in [1.54, 1.807) is 14.2 Å². The third-order valence-corrected chi connectivity index (χ3v) is 3.31. The van der Waals surface area contributed by atoms with E-state index in [1.807, 2.05) is 24.3 Å². The molecule has 3 nitrogen and oxygen atoms in total. The van der Waals surface area contributed by atoms with Crippen LogP contribution >= 0.6 is 0 Å². The van der Waals surface area contributed by atoms with E-state index < -0.39 is 0 Å². The number of methoxy groups -OCH3 is 2. The Bertz CT molecular complexity index is 537. The summed E-state index contributed by atoms with van der Waals surface area (Å²) in [6, 6.07) is 16.5. The lowest BCUT2D eigenvalue weighted by atomic mass is 10.1. The molecule has 3 heteroatoms. The van der Waals surface area contributed by atoms with Crippen LogP contribution in [-0.4, -0.2) is 14.2 Å². The van der Waals surface area contributed by atoms with E-state index >= 15 is 0 Å². The molecule has 2 rings (SSSR count). The van der Waals surface area contributed by atoms with Crippen LogP contribution < -0.4 is 10.1 Å². The van der Waals surface area contributed by atoms with Gasteiger partial charge >= 0.3 is 0 Å². The first-order valence-corrected chi connectivity index (χ1v) is 6.72. The van der Waals surface area contributed by atoms with Crippen LogP contribution in [0, 0.1) is 0 Å². The Balaban J connectivity index is 2.12. The van der Waals surface area contributed by atoms with E-state index in [-0.39, 0.29) is 6.04 Å². The standard InChI is InChI=1S/C17H21NO2/c1-13(14-8-10-16(20-3)11-9-14)18-17-7-5-4-6-15(17)12-19-2/h4-11,13,18H,12H2,1-3H3. The summed E-state index contributed by atoms with van der Waals surface area (Å²) < 4.78 is 10.4. The zero-order valence-corrected chi connectivity index (χ0v) is 12.2. The van der Waals surface area contributed by atoms with Crippen LogP contribution in [0.15, 0.2) is 48.5 Å². The van der Waals surface area contributed by atoms with Crippen molar-refractivity contribution in [1.82, 2.24) is 0 Å². The monoisotopic (exact) mass is 271 g/mol. The summed E-state index contributed by atoms with van der Waals surface area (Å²) in [6.07, 6.45) is 0. The van der Waals surface area contributed by atoms with Crippen molar-refractivity contribution < 1.29 is 9.47 Å². The van der Waals surface area contributed by atoms with Gasteiger partial charge in [0.1, 0.15) is 5.75 Å². The molecule has 0 fully saturated rings. The first-order chi connectivity index (χ1) is 9.74. The van der Waals surface area contributed by atoms with Gasteiger partial charge < -0.3 is 14.8 Å². The minimum Gasteiger partial charge on any atom is -0.497 e. The molecule has 0 aliphatic carbocycles. The second-order valence-corrected chi connectivity index (χ2v) is 4.73. The molecule has 2 aromatic rings. The highest BCUT2D eigenvalue weighted by molar-refractivity contribution is 5.52. The predicted molar refractivity (Wildman–Crippen MR) is 82.2 cm³/mol. The quantitative estimate of drug-likeness (QED) is 0.861. The van der Waals surface area contributed by atoms with E-state index in [9.17, 15) is 0 Å². The minimum absolute atomic E-state index is 0.221. The molecule has 2 aromatic carbocycles. The number of hydrogen-bond acceptors (Lipinski definition) is 3. The molecule has 0 aromatic heterocycles. The molecule has 20 heavy (non-hydrogen) atoms. The summed E-state index contributed by atoms with van der Waals surface area (Å²) in [5, 5.41) is 3.53. The summed E-state index contributed by atoms with van der Waals surface area (Å²) in [4.78, 5) is 0. The van der Waals surface area contributed by atoms with Crippen LogP contribution in [0.25, 0.3) is 0 Å². The molecule has 0 heterocycles. The van der Waals surface area contributed by atoms with Gasteiger partial charge in [-0.1, -0.05) is 30.3 Å². The molecule has 1 N–H and O–H groups in total. The lowest BCUT2D eigenvalue weighted by Gasteiger charge is -2.18. The van der Waals surface area contributed by atoms with Crippen molar-refractivity contribution in [3.8, 4) is 5.75 Å². The summed E-state index contributed by atoms with van der Waals surface area (Å²) in [7, 11) is 3.39. The number of para-hydroxylation sites is 1. The lowest BCUT2D eigenvalue weighted by Crippen LogP contribution is -2.08. The Hall–Kier alpha value is -2.00. The summed E-state index contributed by atoms with van der Waals surface area (Å²) >= 11 is 0. The second-order valence-electron chi connectivity index (χ2n) is 4.73. The molecule has 1 unspecified atom stereocenters. The molecule has 106 valence electrons. The zero-order chi connectivity index (χ0) is 14.4. The van der Waals surface area contributed by atoms with Gasteiger partial charge in [-0.05, 0) is 30.7 Å². The number of hydrogen-bond donors (Lipinski definition) is 1.